The van der Waals surface area contributed by atoms with Crippen molar-refractivity contribution in [2.75, 3.05) is 13.1 Å². The summed E-state index contributed by atoms with van der Waals surface area (Å²) in [5.74, 6) is 1.08. The van der Waals surface area contributed by atoms with Gasteiger partial charge in [0.25, 0.3) is 0 Å². The fourth-order valence-corrected chi connectivity index (χ4v) is 3.48. The number of hydrogen-bond donors (Lipinski definition) is 0. The molecule has 0 radical (unpaired) electrons. The van der Waals surface area contributed by atoms with Gasteiger partial charge in [0, 0.05) is 30.6 Å². The monoisotopic (exact) mass is 309 g/mol. The Morgan fingerprint density at radius 1 is 1.30 bits per heavy atom. The van der Waals surface area contributed by atoms with Gasteiger partial charge in [0.05, 0.1) is 11.9 Å². The van der Waals surface area contributed by atoms with E-state index in [0.29, 0.717) is 6.04 Å². The van der Waals surface area contributed by atoms with E-state index in [1.54, 1.807) is 0 Å². The lowest BCUT2D eigenvalue weighted by atomic mass is 10.2. The number of nitrogens with zero attached hydrogens (tertiary/aromatic N) is 3. The van der Waals surface area contributed by atoms with Crippen molar-refractivity contribution >= 4 is 11.0 Å². The molecule has 0 spiro atoms. The molecule has 4 rings (SSSR count). The highest BCUT2D eigenvalue weighted by atomic mass is 16.3. The second kappa shape index (κ2) is 5.85. The van der Waals surface area contributed by atoms with Crippen LogP contribution >= 0.6 is 0 Å². The highest BCUT2D eigenvalue weighted by molar-refractivity contribution is 5.80. The third-order valence-corrected chi connectivity index (χ3v) is 4.86. The first kappa shape index (κ1) is 14.5. The minimum absolute atomic E-state index is 0.717. The first-order valence-electron chi connectivity index (χ1n) is 8.47. The molecule has 2 aromatic heterocycles. The summed E-state index contributed by atoms with van der Waals surface area (Å²) in [6.07, 6.45) is 7.55. The molecule has 0 aliphatic carbocycles. The molecule has 1 fully saturated rings. The van der Waals surface area contributed by atoms with Crippen LogP contribution in [0.3, 0.4) is 0 Å². The zero-order valence-corrected chi connectivity index (χ0v) is 13.8. The van der Waals surface area contributed by atoms with Crippen LogP contribution in [0.4, 0.5) is 0 Å². The van der Waals surface area contributed by atoms with E-state index in [0.717, 1.165) is 40.9 Å². The van der Waals surface area contributed by atoms with Crippen molar-refractivity contribution in [2.45, 2.75) is 39.2 Å². The number of furan rings is 1. The molecule has 3 aromatic rings. The summed E-state index contributed by atoms with van der Waals surface area (Å²) >= 11 is 0. The van der Waals surface area contributed by atoms with E-state index in [9.17, 15) is 0 Å². The smallest absolute Gasteiger partial charge is 0.134 e. The van der Waals surface area contributed by atoms with E-state index in [1.807, 2.05) is 23.1 Å². The number of fused-ring (bicyclic) bond motifs is 1. The summed E-state index contributed by atoms with van der Waals surface area (Å²) in [5.41, 5.74) is 3.20. The maximum absolute atomic E-state index is 6.00. The summed E-state index contributed by atoms with van der Waals surface area (Å²) in [6, 6.07) is 9.14. The number of rotatable bonds is 4. The Kier molecular flexibility index (Phi) is 3.69. The van der Waals surface area contributed by atoms with Gasteiger partial charge < -0.3 is 9.32 Å². The molecule has 23 heavy (non-hydrogen) atoms. The molecule has 120 valence electrons. The molecule has 1 aliphatic rings. The molecule has 4 nitrogen and oxygen atoms in total. The largest absolute Gasteiger partial charge is 0.461 e. The average Bonchev–Trinajstić information content (AvgIpc) is 3.24. The van der Waals surface area contributed by atoms with Gasteiger partial charge in [-0.2, -0.15) is 5.10 Å². The van der Waals surface area contributed by atoms with Gasteiger partial charge in [-0.25, -0.2) is 4.68 Å². The Morgan fingerprint density at radius 3 is 2.96 bits per heavy atom. The normalized spacial score (nSPS) is 19.0. The number of benzene rings is 1. The van der Waals surface area contributed by atoms with Crippen molar-refractivity contribution < 1.29 is 4.42 Å². The Hall–Kier alpha value is -2.07. The molecule has 3 heterocycles. The Balaban J connectivity index is 1.53. The molecular formula is C19H23N3O. The van der Waals surface area contributed by atoms with E-state index in [2.05, 4.69) is 42.0 Å². The highest BCUT2D eigenvalue weighted by Gasteiger charge is 2.20. The van der Waals surface area contributed by atoms with Gasteiger partial charge in [0.1, 0.15) is 11.3 Å². The minimum Gasteiger partial charge on any atom is -0.461 e. The summed E-state index contributed by atoms with van der Waals surface area (Å²) in [4.78, 5) is 2.56. The van der Waals surface area contributed by atoms with Crippen molar-refractivity contribution in [1.82, 2.24) is 14.7 Å². The predicted octanol–water partition coefficient (Wildman–Crippen LogP) is 3.95. The van der Waals surface area contributed by atoms with E-state index in [1.165, 1.54) is 19.4 Å². The van der Waals surface area contributed by atoms with Gasteiger partial charge in [-0.15, -0.1) is 0 Å². The molecule has 0 amide bonds. The molecular weight excluding hydrogens is 286 g/mol. The van der Waals surface area contributed by atoms with E-state index in [-0.39, 0.29) is 0 Å². The van der Waals surface area contributed by atoms with Crippen LogP contribution in [0.15, 0.2) is 41.1 Å². The molecule has 0 unspecified atom stereocenters. The maximum atomic E-state index is 6.00. The molecule has 1 saturated heterocycles. The SMILES string of the molecule is Cc1cnn(-c2ccc3oc(CCN4CCC[C@H]4C)cc3c2)c1. The lowest BCUT2D eigenvalue weighted by molar-refractivity contribution is 0.266. The third kappa shape index (κ3) is 2.91. The summed E-state index contributed by atoms with van der Waals surface area (Å²) in [7, 11) is 0. The Bertz CT molecular complexity index is 817. The average molecular weight is 309 g/mol. The van der Waals surface area contributed by atoms with E-state index >= 15 is 0 Å². The van der Waals surface area contributed by atoms with Crippen molar-refractivity contribution in [2.24, 2.45) is 0 Å². The quantitative estimate of drug-likeness (QED) is 0.731. The fraction of sp³-hybridized carbons (Fsp3) is 0.421. The van der Waals surface area contributed by atoms with Crippen LogP contribution in [0.25, 0.3) is 16.7 Å². The molecule has 0 N–H and O–H groups in total. The molecule has 1 aliphatic heterocycles. The van der Waals surface area contributed by atoms with E-state index in [4.69, 9.17) is 4.42 Å². The molecule has 0 saturated carbocycles. The van der Waals surface area contributed by atoms with Crippen LogP contribution < -0.4 is 0 Å². The van der Waals surface area contributed by atoms with Crippen molar-refractivity contribution in [3.05, 3.63) is 48.0 Å². The topological polar surface area (TPSA) is 34.2 Å². The lowest BCUT2D eigenvalue weighted by Crippen LogP contribution is -2.28. The van der Waals surface area contributed by atoms with Crippen LogP contribution in [0.2, 0.25) is 0 Å². The van der Waals surface area contributed by atoms with Crippen LogP contribution in [-0.2, 0) is 6.42 Å². The highest BCUT2D eigenvalue weighted by Crippen LogP contribution is 2.24. The van der Waals surface area contributed by atoms with Gasteiger partial charge in [-0.1, -0.05) is 0 Å². The fourth-order valence-electron chi connectivity index (χ4n) is 3.48. The maximum Gasteiger partial charge on any atom is 0.134 e. The summed E-state index contributed by atoms with van der Waals surface area (Å²) in [6.45, 7) is 6.69. The van der Waals surface area contributed by atoms with Crippen molar-refractivity contribution in [3.63, 3.8) is 0 Å². The first-order valence-corrected chi connectivity index (χ1v) is 8.47. The molecule has 1 aromatic carbocycles. The van der Waals surface area contributed by atoms with Gasteiger partial charge in [0.2, 0.25) is 0 Å². The zero-order chi connectivity index (χ0) is 15.8. The standard InChI is InChI=1S/C19H23N3O/c1-14-12-20-22(13-14)17-5-6-19-16(10-17)11-18(23-19)7-9-21-8-3-4-15(21)2/h5-6,10-13,15H,3-4,7-9H2,1-2H3/t15-/m1/s1. The molecule has 4 heteroatoms. The van der Waals surface area contributed by atoms with Crippen LogP contribution in [0.1, 0.15) is 31.1 Å². The van der Waals surface area contributed by atoms with Crippen LogP contribution in [0.5, 0.6) is 0 Å². The number of aromatic nitrogens is 2. The number of aryl methyl sites for hydroxylation is 1. The van der Waals surface area contributed by atoms with E-state index < -0.39 is 0 Å². The predicted molar refractivity (Wildman–Crippen MR) is 92.0 cm³/mol. The summed E-state index contributed by atoms with van der Waals surface area (Å²) in [5, 5.41) is 5.53. The second-order valence-electron chi connectivity index (χ2n) is 6.67. The summed E-state index contributed by atoms with van der Waals surface area (Å²) < 4.78 is 7.91. The lowest BCUT2D eigenvalue weighted by Gasteiger charge is -2.19. The first-order chi connectivity index (χ1) is 11.2. The Morgan fingerprint density at radius 2 is 2.22 bits per heavy atom. The second-order valence-corrected chi connectivity index (χ2v) is 6.67. The number of hydrogen-bond acceptors (Lipinski definition) is 3. The van der Waals surface area contributed by atoms with Gasteiger partial charge in [0.15, 0.2) is 0 Å². The van der Waals surface area contributed by atoms with Crippen molar-refractivity contribution in [1.29, 1.82) is 0 Å². The van der Waals surface area contributed by atoms with Crippen LogP contribution in [-0.4, -0.2) is 33.8 Å². The Labute approximate surface area is 136 Å². The number of likely N-dealkylation sites (tertiary alicyclic amines) is 1. The minimum atomic E-state index is 0.717. The van der Waals surface area contributed by atoms with Gasteiger partial charge in [-0.05, 0) is 63.1 Å². The molecule has 0 bridgehead atoms. The zero-order valence-electron chi connectivity index (χ0n) is 13.8. The van der Waals surface area contributed by atoms with Gasteiger partial charge >= 0.3 is 0 Å². The van der Waals surface area contributed by atoms with Gasteiger partial charge in [-0.3, -0.25) is 0 Å². The third-order valence-electron chi connectivity index (χ3n) is 4.86. The van der Waals surface area contributed by atoms with Crippen molar-refractivity contribution in [3.8, 4) is 5.69 Å². The van der Waals surface area contributed by atoms with Crippen LogP contribution in [0, 0.1) is 6.92 Å². The molecule has 1 atom stereocenters.